The van der Waals surface area contributed by atoms with E-state index in [4.69, 9.17) is 10.6 Å². The molecule has 0 fully saturated rings. The molecule has 2 aromatic heterocycles. The lowest BCUT2D eigenvalue weighted by Gasteiger charge is -2.20. The number of aromatic nitrogens is 3. The molecule has 0 aliphatic rings. The van der Waals surface area contributed by atoms with Gasteiger partial charge in [0.2, 0.25) is 0 Å². The van der Waals surface area contributed by atoms with E-state index in [-0.39, 0.29) is 12.1 Å². The molecule has 6 nitrogen and oxygen atoms in total. The van der Waals surface area contributed by atoms with Crippen molar-refractivity contribution in [3.63, 3.8) is 0 Å². The minimum absolute atomic E-state index is 0.214. The molecule has 3 N–H and O–H groups in total. The Balaban J connectivity index is 2.51. The van der Waals surface area contributed by atoms with Gasteiger partial charge in [0, 0.05) is 18.4 Å². The maximum absolute atomic E-state index is 5.71. The number of methoxy groups -OCH3 is 1. The molecule has 0 bridgehead atoms. The molecule has 0 aliphatic carbocycles. The summed E-state index contributed by atoms with van der Waals surface area (Å²) < 4.78 is 7.28. The molecule has 0 saturated carbocycles. The number of ether oxygens (including phenoxy) is 1. The number of hydrazine groups is 1. The van der Waals surface area contributed by atoms with Crippen molar-refractivity contribution in [3.8, 4) is 5.75 Å². The molecule has 1 unspecified atom stereocenters. The fraction of sp³-hybridized carbons (Fsp3) is 0.385. The van der Waals surface area contributed by atoms with Crippen molar-refractivity contribution in [1.29, 1.82) is 0 Å². The molecule has 19 heavy (non-hydrogen) atoms. The van der Waals surface area contributed by atoms with Gasteiger partial charge in [-0.1, -0.05) is 6.07 Å². The topological polar surface area (TPSA) is 78.0 Å². The highest BCUT2D eigenvalue weighted by atomic mass is 16.5. The summed E-state index contributed by atoms with van der Waals surface area (Å²) in [5.41, 5.74) is 4.67. The van der Waals surface area contributed by atoms with Crippen molar-refractivity contribution >= 4 is 0 Å². The van der Waals surface area contributed by atoms with Crippen molar-refractivity contribution in [2.75, 3.05) is 7.11 Å². The molecule has 0 aliphatic heterocycles. The summed E-state index contributed by atoms with van der Waals surface area (Å²) in [5, 5.41) is 4.36. The summed E-state index contributed by atoms with van der Waals surface area (Å²) in [4.78, 5) is 4.13. The Hall–Kier alpha value is -1.92. The van der Waals surface area contributed by atoms with Gasteiger partial charge in [0.25, 0.3) is 0 Å². The van der Waals surface area contributed by atoms with Crippen molar-refractivity contribution in [3.05, 3.63) is 42.0 Å². The summed E-state index contributed by atoms with van der Waals surface area (Å²) in [6.45, 7) is 4.12. The highest BCUT2D eigenvalue weighted by Gasteiger charge is 2.23. The van der Waals surface area contributed by atoms with Crippen LogP contribution in [0.5, 0.6) is 5.75 Å². The van der Waals surface area contributed by atoms with Crippen LogP contribution in [0.2, 0.25) is 0 Å². The molecule has 0 amide bonds. The largest absolute Gasteiger partial charge is 0.493 e. The van der Waals surface area contributed by atoms with Gasteiger partial charge in [0.1, 0.15) is 5.69 Å². The van der Waals surface area contributed by atoms with Gasteiger partial charge in [-0.15, -0.1) is 0 Å². The number of hydrogen-bond donors (Lipinski definition) is 2. The van der Waals surface area contributed by atoms with E-state index in [2.05, 4.69) is 29.4 Å². The minimum atomic E-state index is -0.214. The molecule has 0 aromatic carbocycles. The number of rotatable bonds is 5. The fourth-order valence-corrected chi connectivity index (χ4v) is 2.08. The summed E-state index contributed by atoms with van der Waals surface area (Å²) in [6, 6.07) is 3.84. The van der Waals surface area contributed by atoms with Crippen molar-refractivity contribution in [2.45, 2.75) is 25.9 Å². The molecule has 102 valence electrons. The number of nitrogens with zero attached hydrogens (tertiary/aromatic N) is 3. The van der Waals surface area contributed by atoms with Gasteiger partial charge in [-0.3, -0.25) is 15.5 Å². The van der Waals surface area contributed by atoms with Crippen LogP contribution in [0.4, 0.5) is 0 Å². The van der Waals surface area contributed by atoms with Crippen LogP contribution in [0.3, 0.4) is 0 Å². The molecule has 2 heterocycles. The van der Waals surface area contributed by atoms with Gasteiger partial charge >= 0.3 is 0 Å². The van der Waals surface area contributed by atoms with Crippen LogP contribution < -0.4 is 16.0 Å². The molecule has 1 atom stereocenters. The lowest BCUT2D eigenvalue weighted by atomic mass is 10.1. The predicted octanol–water partition coefficient (Wildman–Crippen LogP) is 1.42. The van der Waals surface area contributed by atoms with Crippen LogP contribution in [-0.2, 0) is 0 Å². The Labute approximate surface area is 112 Å². The monoisotopic (exact) mass is 261 g/mol. The van der Waals surface area contributed by atoms with Gasteiger partial charge in [-0.05, 0) is 25.5 Å². The van der Waals surface area contributed by atoms with E-state index in [1.165, 1.54) is 0 Å². The number of nitrogens with two attached hydrogens (primary N) is 1. The third-order valence-electron chi connectivity index (χ3n) is 2.97. The lowest BCUT2D eigenvalue weighted by molar-refractivity contribution is 0.394. The van der Waals surface area contributed by atoms with Crippen molar-refractivity contribution in [2.24, 2.45) is 5.84 Å². The van der Waals surface area contributed by atoms with E-state index in [9.17, 15) is 0 Å². The summed E-state index contributed by atoms with van der Waals surface area (Å²) >= 11 is 0. The van der Waals surface area contributed by atoms with E-state index in [1.807, 2.05) is 16.8 Å². The molecule has 2 aromatic rings. The zero-order valence-electron chi connectivity index (χ0n) is 11.4. The maximum Gasteiger partial charge on any atom is 0.161 e. The first-order valence-corrected chi connectivity index (χ1v) is 6.16. The van der Waals surface area contributed by atoms with E-state index >= 15 is 0 Å². The molecule has 0 saturated heterocycles. The first-order valence-electron chi connectivity index (χ1n) is 6.16. The van der Waals surface area contributed by atoms with Crippen molar-refractivity contribution in [1.82, 2.24) is 20.2 Å². The Kier molecular flexibility index (Phi) is 4.13. The molecular weight excluding hydrogens is 242 g/mol. The second-order valence-corrected chi connectivity index (χ2v) is 4.52. The summed E-state index contributed by atoms with van der Waals surface area (Å²) in [5.74, 6) is 6.42. The molecule has 6 heteroatoms. The second kappa shape index (κ2) is 5.81. The van der Waals surface area contributed by atoms with Crippen LogP contribution in [0.15, 0.2) is 30.7 Å². The molecular formula is C13H19N5O. The van der Waals surface area contributed by atoms with Crippen LogP contribution >= 0.6 is 0 Å². The summed E-state index contributed by atoms with van der Waals surface area (Å²) in [6.07, 6.45) is 5.21. The highest BCUT2D eigenvalue weighted by Crippen LogP contribution is 2.30. The molecule has 2 rings (SSSR count). The van der Waals surface area contributed by atoms with Gasteiger partial charge in [-0.25, -0.2) is 5.43 Å². The van der Waals surface area contributed by atoms with Gasteiger partial charge in [-0.2, -0.15) is 5.10 Å². The predicted molar refractivity (Wildman–Crippen MR) is 72.6 cm³/mol. The minimum Gasteiger partial charge on any atom is -0.493 e. The first kappa shape index (κ1) is 13.5. The average molecular weight is 261 g/mol. The zero-order valence-corrected chi connectivity index (χ0v) is 11.4. The van der Waals surface area contributed by atoms with E-state index in [0.717, 1.165) is 11.3 Å². The quantitative estimate of drug-likeness (QED) is 0.628. The smallest absolute Gasteiger partial charge is 0.161 e. The van der Waals surface area contributed by atoms with Gasteiger partial charge in [0.05, 0.1) is 19.3 Å². The van der Waals surface area contributed by atoms with Crippen LogP contribution in [0.25, 0.3) is 0 Å². The average Bonchev–Trinajstić information content (AvgIpc) is 2.85. The van der Waals surface area contributed by atoms with Crippen LogP contribution in [-0.4, -0.2) is 21.9 Å². The van der Waals surface area contributed by atoms with Crippen molar-refractivity contribution < 1.29 is 4.74 Å². The molecule has 0 radical (unpaired) electrons. The Bertz CT molecular complexity index is 523. The van der Waals surface area contributed by atoms with Gasteiger partial charge in [0.15, 0.2) is 5.75 Å². The highest BCUT2D eigenvalue weighted by molar-refractivity contribution is 5.35. The second-order valence-electron chi connectivity index (χ2n) is 4.52. The maximum atomic E-state index is 5.71. The third-order valence-corrected chi connectivity index (χ3v) is 2.97. The van der Waals surface area contributed by atoms with Crippen LogP contribution in [0, 0.1) is 0 Å². The van der Waals surface area contributed by atoms with E-state index in [0.29, 0.717) is 5.75 Å². The third kappa shape index (κ3) is 2.59. The number of hydrogen-bond acceptors (Lipinski definition) is 5. The van der Waals surface area contributed by atoms with E-state index < -0.39 is 0 Å². The Morgan fingerprint density at radius 3 is 2.68 bits per heavy atom. The lowest BCUT2D eigenvalue weighted by Crippen LogP contribution is -2.31. The number of pyridine rings is 1. The van der Waals surface area contributed by atoms with Gasteiger partial charge < -0.3 is 4.74 Å². The number of nitrogens with one attached hydrogen (secondary N) is 1. The first-order chi connectivity index (χ1) is 9.19. The zero-order chi connectivity index (χ0) is 13.8. The fourth-order valence-electron chi connectivity index (χ4n) is 2.08. The normalized spacial score (nSPS) is 12.7. The van der Waals surface area contributed by atoms with E-state index in [1.54, 1.807) is 25.7 Å². The standard InChI is InChI=1S/C13H19N5O/c1-9(2)18-13(11(19-3)8-16-18)12(17-14)10-5-4-6-15-7-10/h4-9,12,17H,14H2,1-3H3. The SMILES string of the molecule is COc1cnn(C(C)C)c1C(NN)c1cccnc1. The Morgan fingerprint density at radius 2 is 2.16 bits per heavy atom. The Morgan fingerprint density at radius 1 is 1.37 bits per heavy atom. The van der Waals surface area contributed by atoms with Crippen LogP contribution in [0.1, 0.15) is 37.2 Å². The summed E-state index contributed by atoms with van der Waals surface area (Å²) in [7, 11) is 1.63. The molecule has 0 spiro atoms.